The molecule has 2 rings (SSSR count). The van der Waals surface area contributed by atoms with Crippen LogP contribution in [0.4, 0.5) is 4.79 Å². The van der Waals surface area contributed by atoms with Crippen molar-refractivity contribution in [3.63, 3.8) is 0 Å². The number of primary amides is 1. The number of nitrogens with one attached hydrogen (secondary N) is 2. The molecule has 0 aliphatic rings. The first-order valence-electron chi connectivity index (χ1n) is 8.08. The van der Waals surface area contributed by atoms with Crippen LogP contribution in [-0.2, 0) is 6.54 Å². The molecule has 0 unspecified atom stereocenters. The third kappa shape index (κ3) is 5.93. The van der Waals surface area contributed by atoms with Gasteiger partial charge in [0.2, 0.25) is 0 Å². The predicted octanol–water partition coefficient (Wildman–Crippen LogP) is 1.89. The van der Waals surface area contributed by atoms with E-state index in [9.17, 15) is 9.59 Å². The fourth-order valence-electron chi connectivity index (χ4n) is 2.49. The maximum atomic E-state index is 12.6. The maximum Gasteiger partial charge on any atom is 0.312 e. The Bertz CT molecular complexity index is 699. The van der Waals surface area contributed by atoms with Crippen LogP contribution in [0, 0.1) is 0 Å². The summed E-state index contributed by atoms with van der Waals surface area (Å²) in [5.74, 6) is -0.134. The summed E-state index contributed by atoms with van der Waals surface area (Å²) in [7, 11) is 3.95. The normalized spacial score (nSPS) is 11.8. The van der Waals surface area contributed by atoms with E-state index in [-0.39, 0.29) is 11.9 Å². The van der Waals surface area contributed by atoms with Gasteiger partial charge in [-0.3, -0.25) is 4.79 Å². The lowest BCUT2D eigenvalue weighted by Gasteiger charge is -2.23. The van der Waals surface area contributed by atoms with Gasteiger partial charge in [-0.1, -0.05) is 42.5 Å². The Morgan fingerprint density at radius 3 is 2.24 bits per heavy atom. The lowest BCUT2D eigenvalue weighted by Crippen LogP contribution is -2.35. The molecule has 25 heavy (non-hydrogen) atoms. The Hall–Kier alpha value is -2.86. The highest BCUT2D eigenvalue weighted by molar-refractivity contribution is 5.94. The summed E-state index contributed by atoms with van der Waals surface area (Å²) in [6.07, 6.45) is 0. The van der Waals surface area contributed by atoms with Crippen LogP contribution >= 0.6 is 0 Å². The minimum Gasteiger partial charge on any atom is -0.352 e. The largest absolute Gasteiger partial charge is 0.352 e. The number of rotatable bonds is 7. The van der Waals surface area contributed by atoms with Crippen molar-refractivity contribution < 1.29 is 9.59 Å². The van der Waals surface area contributed by atoms with E-state index in [1.165, 1.54) is 0 Å². The number of likely N-dealkylation sites (N-methyl/N-ethyl adjacent to an activating group) is 1. The van der Waals surface area contributed by atoms with Crippen molar-refractivity contribution in [3.05, 3.63) is 71.3 Å². The van der Waals surface area contributed by atoms with Gasteiger partial charge in [-0.25, -0.2) is 4.79 Å². The smallest absolute Gasteiger partial charge is 0.312 e. The van der Waals surface area contributed by atoms with Crippen LogP contribution < -0.4 is 16.4 Å². The molecule has 132 valence electrons. The average Bonchev–Trinajstić information content (AvgIpc) is 2.60. The SMILES string of the molecule is CN(C)C[C@@H](NC(=O)c1ccc(CNC(N)=O)cc1)c1ccccc1. The summed E-state index contributed by atoms with van der Waals surface area (Å²) in [6.45, 7) is 1.04. The van der Waals surface area contributed by atoms with Gasteiger partial charge >= 0.3 is 6.03 Å². The number of urea groups is 1. The molecule has 0 aliphatic heterocycles. The van der Waals surface area contributed by atoms with E-state index >= 15 is 0 Å². The predicted molar refractivity (Wildman–Crippen MR) is 98.1 cm³/mol. The quantitative estimate of drug-likeness (QED) is 0.719. The number of hydrogen-bond donors (Lipinski definition) is 3. The second kappa shape index (κ2) is 8.84. The molecule has 0 spiro atoms. The van der Waals surface area contributed by atoms with Crippen LogP contribution in [0.1, 0.15) is 27.5 Å². The molecule has 2 aromatic carbocycles. The minimum atomic E-state index is -0.573. The number of nitrogens with zero attached hydrogens (tertiary/aromatic N) is 1. The highest BCUT2D eigenvalue weighted by Gasteiger charge is 2.16. The van der Waals surface area contributed by atoms with Crippen LogP contribution in [0.5, 0.6) is 0 Å². The Kier molecular flexibility index (Phi) is 6.54. The van der Waals surface area contributed by atoms with Crippen molar-refractivity contribution >= 4 is 11.9 Å². The van der Waals surface area contributed by atoms with Gasteiger partial charge in [0, 0.05) is 18.7 Å². The van der Waals surface area contributed by atoms with Crippen molar-refractivity contribution in [2.45, 2.75) is 12.6 Å². The standard InChI is InChI=1S/C19H24N4O2/c1-23(2)13-17(15-6-4-3-5-7-15)22-18(24)16-10-8-14(9-11-16)12-21-19(20)25/h3-11,17H,12-13H2,1-2H3,(H,22,24)(H3,20,21,25)/t17-/m1/s1. The van der Waals surface area contributed by atoms with Crippen molar-refractivity contribution in [2.75, 3.05) is 20.6 Å². The molecule has 0 saturated carbocycles. The first kappa shape index (κ1) is 18.5. The Balaban J connectivity index is 2.06. The van der Waals surface area contributed by atoms with E-state index < -0.39 is 6.03 Å². The topological polar surface area (TPSA) is 87.5 Å². The van der Waals surface area contributed by atoms with Gasteiger partial charge in [-0.2, -0.15) is 0 Å². The summed E-state index contributed by atoms with van der Waals surface area (Å²) in [5, 5.41) is 5.60. The van der Waals surface area contributed by atoms with E-state index in [2.05, 4.69) is 10.6 Å². The summed E-state index contributed by atoms with van der Waals surface area (Å²) >= 11 is 0. The monoisotopic (exact) mass is 340 g/mol. The van der Waals surface area contributed by atoms with Crippen LogP contribution in [-0.4, -0.2) is 37.5 Å². The van der Waals surface area contributed by atoms with Crippen LogP contribution in [0.3, 0.4) is 0 Å². The first-order valence-corrected chi connectivity index (χ1v) is 8.08. The molecule has 6 heteroatoms. The summed E-state index contributed by atoms with van der Waals surface area (Å²) in [6, 6.07) is 16.3. The average molecular weight is 340 g/mol. The molecular formula is C19H24N4O2. The number of carbonyl (C=O) groups is 2. The van der Waals surface area contributed by atoms with Crippen LogP contribution in [0.2, 0.25) is 0 Å². The third-order valence-electron chi connectivity index (χ3n) is 3.74. The molecule has 4 N–H and O–H groups in total. The summed E-state index contributed by atoms with van der Waals surface area (Å²) in [5.41, 5.74) is 7.56. The molecule has 0 heterocycles. The molecule has 0 fully saturated rings. The van der Waals surface area contributed by atoms with Crippen molar-refractivity contribution in [2.24, 2.45) is 5.73 Å². The Morgan fingerprint density at radius 1 is 1.04 bits per heavy atom. The van der Waals surface area contributed by atoms with Gasteiger partial charge in [0.05, 0.1) is 6.04 Å². The van der Waals surface area contributed by atoms with Gasteiger partial charge in [-0.15, -0.1) is 0 Å². The fourth-order valence-corrected chi connectivity index (χ4v) is 2.49. The van der Waals surface area contributed by atoms with Crippen molar-refractivity contribution in [3.8, 4) is 0 Å². The second-order valence-corrected chi connectivity index (χ2v) is 6.11. The molecule has 0 radical (unpaired) electrons. The molecule has 0 aromatic heterocycles. The van der Waals surface area contributed by atoms with E-state index in [1.807, 2.05) is 49.3 Å². The minimum absolute atomic E-state index is 0.0973. The Labute approximate surface area is 148 Å². The Morgan fingerprint density at radius 2 is 1.68 bits per heavy atom. The van der Waals surface area contributed by atoms with Gasteiger partial charge in [0.1, 0.15) is 0 Å². The summed E-state index contributed by atoms with van der Waals surface area (Å²) < 4.78 is 0. The molecule has 0 aliphatic carbocycles. The van der Waals surface area contributed by atoms with E-state index in [4.69, 9.17) is 5.73 Å². The number of hydrogen-bond acceptors (Lipinski definition) is 3. The van der Waals surface area contributed by atoms with Gasteiger partial charge in [0.15, 0.2) is 0 Å². The van der Waals surface area contributed by atoms with E-state index in [0.29, 0.717) is 18.7 Å². The maximum absolute atomic E-state index is 12.6. The van der Waals surface area contributed by atoms with Gasteiger partial charge in [0.25, 0.3) is 5.91 Å². The molecule has 3 amide bonds. The van der Waals surface area contributed by atoms with Crippen molar-refractivity contribution in [1.82, 2.24) is 15.5 Å². The van der Waals surface area contributed by atoms with Crippen LogP contribution in [0.25, 0.3) is 0 Å². The first-order chi connectivity index (χ1) is 12.0. The number of benzene rings is 2. The summed E-state index contributed by atoms with van der Waals surface area (Å²) in [4.78, 5) is 25.3. The highest BCUT2D eigenvalue weighted by atomic mass is 16.2. The lowest BCUT2D eigenvalue weighted by atomic mass is 10.1. The molecule has 6 nitrogen and oxygen atoms in total. The molecule has 0 saturated heterocycles. The molecule has 2 aromatic rings. The van der Waals surface area contributed by atoms with E-state index in [0.717, 1.165) is 11.1 Å². The molecule has 1 atom stereocenters. The highest BCUT2D eigenvalue weighted by Crippen LogP contribution is 2.15. The van der Waals surface area contributed by atoms with Crippen molar-refractivity contribution in [1.29, 1.82) is 0 Å². The van der Waals surface area contributed by atoms with Crippen LogP contribution in [0.15, 0.2) is 54.6 Å². The third-order valence-corrected chi connectivity index (χ3v) is 3.74. The molecular weight excluding hydrogens is 316 g/mol. The number of amides is 3. The van der Waals surface area contributed by atoms with E-state index in [1.54, 1.807) is 24.3 Å². The zero-order chi connectivity index (χ0) is 18.2. The van der Waals surface area contributed by atoms with Gasteiger partial charge in [-0.05, 0) is 37.4 Å². The lowest BCUT2D eigenvalue weighted by molar-refractivity contribution is 0.0930. The van der Waals surface area contributed by atoms with Gasteiger partial charge < -0.3 is 21.3 Å². The zero-order valence-electron chi connectivity index (χ0n) is 14.5. The second-order valence-electron chi connectivity index (χ2n) is 6.11. The number of nitrogens with two attached hydrogens (primary N) is 1. The zero-order valence-corrected chi connectivity index (χ0v) is 14.5. The fraction of sp³-hybridized carbons (Fsp3) is 0.263. The molecule has 0 bridgehead atoms. The number of carbonyl (C=O) groups excluding carboxylic acids is 2.